The zero-order valence-electron chi connectivity index (χ0n) is 18.9. The van der Waals surface area contributed by atoms with Gasteiger partial charge in [-0.1, -0.05) is 12.1 Å². The van der Waals surface area contributed by atoms with E-state index in [4.69, 9.17) is 11.0 Å². The van der Waals surface area contributed by atoms with Gasteiger partial charge in [0.25, 0.3) is 11.8 Å². The van der Waals surface area contributed by atoms with Gasteiger partial charge < -0.3 is 16.0 Å². The van der Waals surface area contributed by atoms with Crippen molar-refractivity contribution in [3.8, 4) is 6.07 Å². The Morgan fingerprint density at radius 3 is 2.62 bits per heavy atom. The van der Waals surface area contributed by atoms with Crippen LogP contribution in [0.4, 0.5) is 0 Å². The number of hydrogen-bond acceptors (Lipinski definition) is 7. The van der Waals surface area contributed by atoms with Crippen molar-refractivity contribution in [1.82, 2.24) is 24.7 Å². The summed E-state index contributed by atoms with van der Waals surface area (Å²) in [6.07, 6.45) is 1.37. The summed E-state index contributed by atoms with van der Waals surface area (Å²) in [7, 11) is -1.99. The van der Waals surface area contributed by atoms with Crippen LogP contribution in [0.1, 0.15) is 50.5 Å². The lowest BCUT2D eigenvalue weighted by Crippen LogP contribution is -2.49. The van der Waals surface area contributed by atoms with E-state index in [-0.39, 0.29) is 37.8 Å². The van der Waals surface area contributed by atoms with Gasteiger partial charge in [0.1, 0.15) is 10.4 Å². The third-order valence-corrected chi connectivity index (χ3v) is 8.57. The summed E-state index contributed by atoms with van der Waals surface area (Å²) in [6, 6.07) is 8.92. The summed E-state index contributed by atoms with van der Waals surface area (Å²) in [6.45, 7) is 1.02. The molecule has 12 heteroatoms. The van der Waals surface area contributed by atoms with Crippen LogP contribution in [0.25, 0.3) is 0 Å². The Labute approximate surface area is 198 Å². The maximum atomic E-state index is 13.2. The Morgan fingerprint density at radius 2 is 2.00 bits per heavy atom. The van der Waals surface area contributed by atoms with Gasteiger partial charge in [-0.2, -0.15) is 10.4 Å². The highest BCUT2D eigenvalue weighted by molar-refractivity contribution is 7.91. The monoisotopic (exact) mass is 485 g/mol. The molecule has 2 amide bonds. The minimum Gasteiger partial charge on any atom is -0.347 e. The molecule has 0 bridgehead atoms. The fraction of sp³-hybridized carbons (Fsp3) is 0.455. The molecule has 1 saturated carbocycles. The van der Waals surface area contributed by atoms with Crippen molar-refractivity contribution < 1.29 is 18.0 Å². The van der Waals surface area contributed by atoms with Crippen molar-refractivity contribution in [2.24, 2.45) is 12.8 Å². The second kappa shape index (κ2) is 9.17. The van der Waals surface area contributed by atoms with Gasteiger partial charge in [0.2, 0.25) is 10.0 Å². The van der Waals surface area contributed by atoms with Gasteiger partial charge >= 0.3 is 0 Å². The largest absolute Gasteiger partial charge is 0.347 e. The van der Waals surface area contributed by atoms with Gasteiger partial charge in [0, 0.05) is 45.3 Å². The first-order valence-corrected chi connectivity index (χ1v) is 12.5. The standard InChI is InChI=1S/C22H27N7O4S/c1-28-19-17(18(27-28)20(30)25-13-16-4-2-15(12-24)3-5-16)6-11-29(21(19)31)14-22(7-8-22)34(32,33)26-10-9-23/h2-5,26H,6-11,13-14,23H2,1H3,(H,25,30). The first-order chi connectivity index (χ1) is 16.2. The zero-order chi connectivity index (χ0) is 24.5. The Balaban J connectivity index is 1.46. The number of carbonyl (C=O) groups is 2. The average molecular weight is 486 g/mol. The van der Waals surface area contributed by atoms with Crippen molar-refractivity contribution in [2.45, 2.75) is 30.6 Å². The molecule has 4 N–H and O–H groups in total. The van der Waals surface area contributed by atoms with Crippen LogP contribution in [0.2, 0.25) is 0 Å². The molecule has 1 aromatic carbocycles. The fourth-order valence-electron chi connectivity index (χ4n) is 4.21. The predicted molar refractivity (Wildman–Crippen MR) is 123 cm³/mol. The van der Waals surface area contributed by atoms with Gasteiger partial charge in [-0.3, -0.25) is 14.3 Å². The van der Waals surface area contributed by atoms with E-state index in [2.05, 4.69) is 15.1 Å². The van der Waals surface area contributed by atoms with E-state index in [0.717, 1.165) is 5.56 Å². The number of benzene rings is 1. The molecule has 1 aromatic heterocycles. The zero-order valence-corrected chi connectivity index (χ0v) is 19.7. The SMILES string of the molecule is Cn1nc(C(=O)NCc2ccc(C#N)cc2)c2c1C(=O)N(CC1(S(=O)(=O)NCCN)CC1)CC2. The van der Waals surface area contributed by atoms with E-state index < -0.39 is 20.7 Å². The fourth-order valence-corrected chi connectivity index (χ4v) is 5.87. The van der Waals surface area contributed by atoms with Crippen LogP contribution in [0.3, 0.4) is 0 Å². The highest BCUT2D eigenvalue weighted by Crippen LogP contribution is 2.44. The number of amides is 2. The second-order valence-corrected chi connectivity index (χ2v) is 10.8. The molecular formula is C22H27N7O4S. The lowest BCUT2D eigenvalue weighted by molar-refractivity contribution is 0.0724. The van der Waals surface area contributed by atoms with E-state index >= 15 is 0 Å². The average Bonchev–Trinajstić information content (AvgIpc) is 3.55. The maximum absolute atomic E-state index is 13.2. The maximum Gasteiger partial charge on any atom is 0.272 e. The lowest BCUT2D eigenvalue weighted by Gasteiger charge is -2.31. The van der Waals surface area contributed by atoms with Crippen molar-refractivity contribution >= 4 is 21.8 Å². The molecule has 1 aliphatic heterocycles. The van der Waals surface area contributed by atoms with Gasteiger partial charge in [-0.15, -0.1) is 0 Å². The molecule has 4 rings (SSSR count). The van der Waals surface area contributed by atoms with Crippen molar-refractivity contribution in [2.75, 3.05) is 26.2 Å². The molecule has 1 fully saturated rings. The third kappa shape index (κ3) is 4.42. The number of nitrogens with one attached hydrogen (secondary N) is 2. The number of hydrogen-bond donors (Lipinski definition) is 3. The Bertz CT molecular complexity index is 1260. The van der Waals surface area contributed by atoms with E-state index in [0.29, 0.717) is 42.6 Å². The molecule has 0 unspecified atom stereocenters. The third-order valence-electron chi connectivity index (χ3n) is 6.31. The number of rotatable bonds is 9. The number of sulfonamides is 1. The summed E-state index contributed by atoms with van der Waals surface area (Å²) in [5, 5.41) is 16.0. The summed E-state index contributed by atoms with van der Waals surface area (Å²) >= 11 is 0. The molecule has 1 aliphatic carbocycles. The first kappa shape index (κ1) is 23.9. The topological polar surface area (TPSA) is 163 Å². The number of carbonyl (C=O) groups excluding carboxylic acids is 2. The molecule has 180 valence electrons. The Morgan fingerprint density at radius 1 is 1.29 bits per heavy atom. The number of aryl methyl sites for hydroxylation is 1. The minimum atomic E-state index is -3.60. The molecule has 34 heavy (non-hydrogen) atoms. The van der Waals surface area contributed by atoms with Gasteiger partial charge in [0.05, 0.1) is 11.6 Å². The number of nitrogens with two attached hydrogens (primary N) is 1. The minimum absolute atomic E-state index is 0.0938. The predicted octanol–water partition coefficient (Wildman–Crippen LogP) is -0.369. The number of nitriles is 1. The van der Waals surface area contributed by atoms with Crippen LogP contribution in [-0.2, 0) is 30.0 Å². The number of aromatic nitrogens is 2. The molecule has 0 atom stereocenters. The van der Waals surface area contributed by atoms with Crippen LogP contribution in [0.15, 0.2) is 24.3 Å². The van der Waals surface area contributed by atoms with Gasteiger partial charge in [-0.25, -0.2) is 13.1 Å². The van der Waals surface area contributed by atoms with Crippen LogP contribution in [0.5, 0.6) is 0 Å². The van der Waals surface area contributed by atoms with Crippen LogP contribution < -0.4 is 15.8 Å². The molecule has 0 spiro atoms. The molecule has 2 aliphatic rings. The Hall–Kier alpha value is -3.27. The summed E-state index contributed by atoms with van der Waals surface area (Å²) in [5.74, 6) is -0.725. The second-order valence-electron chi connectivity index (χ2n) is 8.64. The van der Waals surface area contributed by atoms with E-state index in [1.165, 1.54) is 9.58 Å². The lowest BCUT2D eigenvalue weighted by atomic mass is 10.0. The summed E-state index contributed by atoms with van der Waals surface area (Å²) in [4.78, 5) is 27.6. The van der Waals surface area contributed by atoms with Gasteiger partial charge in [-0.05, 0) is 37.0 Å². The molecule has 11 nitrogen and oxygen atoms in total. The van der Waals surface area contributed by atoms with Crippen molar-refractivity contribution in [1.29, 1.82) is 5.26 Å². The van der Waals surface area contributed by atoms with Crippen LogP contribution >= 0.6 is 0 Å². The quantitative estimate of drug-likeness (QED) is 0.436. The van der Waals surface area contributed by atoms with Crippen LogP contribution in [-0.4, -0.2) is 65.8 Å². The van der Waals surface area contributed by atoms with Crippen molar-refractivity contribution in [3.63, 3.8) is 0 Å². The van der Waals surface area contributed by atoms with E-state index in [1.807, 2.05) is 6.07 Å². The molecular weight excluding hydrogens is 458 g/mol. The summed E-state index contributed by atoms with van der Waals surface area (Å²) < 4.78 is 28.3. The highest BCUT2D eigenvalue weighted by Gasteiger charge is 2.56. The first-order valence-electron chi connectivity index (χ1n) is 11.0. The Kier molecular flexibility index (Phi) is 6.44. The van der Waals surface area contributed by atoms with Crippen LogP contribution in [0, 0.1) is 11.3 Å². The normalized spacial score (nSPS) is 16.6. The number of nitrogens with zero attached hydrogens (tertiary/aromatic N) is 4. The van der Waals surface area contributed by atoms with E-state index in [1.54, 1.807) is 31.3 Å². The molecule has 0 radical (unpaired) electrons. The summed E-state index contributed by atoms with van der Waals surface area (Å²) in [5.41, 5.74) is 7.85. The molecule has 2 aromatic rings. The van der Waals surface area contributed by atoms with Crippen molar-refractivity contribution in [3.05, 3.63) is 52.3 Å². The smallest absolute Gasteiger partial charge is 0.272 e. The van der Waals surface area contributed by atoms with Gasteiger partial charge in [0.15, 0.2) is 5.69 Å². The molecule has 0 saturated heterocycles. The number of fused-ring (bicyclic) bond motifs is 1. The highest BCUT2D eigenvalue weighted by atomic mass is 32.2. The molecule has 2 heterocycles. The van der Waals surface area contributed by atoms with E-state index in [9.17, 15) is 18.0 Å².